The van der Waals surface area contributed by atoms with Gasteiger partial charge < -0.3 is 14.6 Å². The lowest BCUT2D eigenvalue weighted by Gasteiger charge is -2.29. The fraction of sp³-hybridized carbons (Fsp3) is 0.750. The summed E-state index contributed by atoms with van der Waals surface area (Å²) in [5.74, 6) is -2.70. The van der Waals surface area contributed by atoms with Gasteiger partial charge >= 0.3 is 17.9 Å². The topological polar surface area (TPSA) is 89.9 Å². The molecule has 0 fully saturated rings. The Morgan fingerprint density at radius 3 is 2.22 bits per heavy atom. The minimum Gasteiger partial charge on any atom is -0.481 e. The molecule has 0 aromatic carbocycles. The monoisotopic (exact) mass is 260 g/mol. The molecule has 0 heterocycles. The van der Waals surface area contributed by atoms with Crippen LogP contribution in [0.3, 0.4) is 0 Å². The van der Waals surface area contributed by atoms with Crippen molar-refractivity contribution >= 4 is 17.9 Å². The molecule has 1 unspecified atom stereocenters. The third-order valence-corrected chi connectivity index (χ3v) is 2.36. The fourth-order valence-electron chi connectivity index (χ4n) is 1.64. The maximum absolute atomic E-state index is 11.9. The lowest BCUT2D eigenvalue weighted by atomic mass is 9.92. The van der Waals surface area contributed by atoms with Crippen LogP contribution in [0.1, 0.15) is 46.5 Å². The Morgan fingerprint density at radius 2 is 1.83 bits per heavy atom. The number of hydrogen-bond donors (Lipinski definition) is 1. The van der Waals surface area contributed by atoms with Crippen molar-refractivity contribution in [2.75, 3.05) is 6.61 Å². The van der Waals surface area contributed by atoms with Crippen LogP contribution < -0.4 is 0 Å². The second kappa shape index (κ2) is 7.68. The Hall–Kier alpha value is -1.59. The van der Waals surface area contributed by atoms with E-state index in [0.29, 0.717) is 6.42 Å². The highest BCUT2D eigenvalue weighted by Crippen LogP contribution is 2.26. The molecule has 0 aliphatic carbocycles. The van der Waals surface area contributed by atoms with Crippen molar-refractivity contribution in [2.24, 2.45) is 0 Å². The standard InChI is InChI=1S/C12H20O6/c1-4-6-7-12(8-10(14)15,18-9(3)13)11(16)17-5-2/h4-8H2,1-3H3,(H,14,15). The second-order valence-electron chi connectivity index (χ2n) is 3.98. The Bertz CT molecular complexity index is 294. The third-order valence-electron chi connectivity index (χ3n) is 2.36. The van der Waals surface area contributed by atoms with E-state index in [-0.39, 0.29) is 13.0 Å². The van der Waals surface area contributed by atoms with Crippen molar-refractivity contribution in [1.82, 2.24) is 0 Å². The van der Waals surface area contributed by atoms with Gasteiger partial charge in [0.25, 0.3) is 0 Å². The number of carboxylic acid groups (broad SMARTS) is 1. The van der Waals surface area contributed by atoms with E-state index < -0.39 is 29.9 Å². The number of hydrogen-bond acceptors (Lipinski definition) is 5. The van der Waals surface area contributed by atoms with Crippen LogP contribution in [0.4, 0.5) is 0 Å². The lowest BCUT2D eigenvalue weighted by Crippen LogP contribution is -2.46. The molecular weight excluding hydrogens is 240 g/mol. The molecule has 6 heteroatoms. The van der Waals surface area contributed by atoms with E-state index in [1.807, 2.05) is 6.92 Å². The number of aliphatic carboxylic acids is 1. The van der Waals surface area contributed by atoms with E-state index in [9.17, 15) is 14.4 Å². The van der Waals surface area contributed by atoms with Gasteiger partial charge in [-0.3, -0.25) is 9.59 Å². The highest BCUT2D eigenvalue weighted by atomic mass is 16.6. The van der Waals surface area contributed by atoms with E-state index in [1.54, 1.807) is 6.92 Å². The van der Waals surface area contributed by atoms with Gasteiger partial charge in [0.15, 0.2) is 0 Å². The minimum atomic E-state index is -1.70. The minimum absolute atomic E-state index is 0.105. The molecule has 0 saturated heterocycles. The van der Waals surface area contributed by atoms with E-state index in [0.717, 1.165) is 13.3 Å². The number of unbranched alkanes of at least 4 members (excludes halogenated alkanes) is 1. The van der Waals surface area contributed by atoms with Crippen LogP contribution in [0.15, 0.2) is 0 Å². The zero-order valence-corrected chi connectivity index (χ0v) is 11.0. The molecule has 0 spiro atoms. The largest absolute Gasteiger partial charge is 0.481 e. The maximum atomic E-state index is 11.9. The molecule has 1 N–H and O–H groups in total. The summed E-state index contributed by atoms with van der Waals surface area (Å²) in [7, 11) is 0. The van der Waals surface area contributed by atoms with Gasteiger partial charge in [0, 0.05) is 6.92 Å². The van der Waals surface area contributed by atoms with E-state index >= 15 is 0 Å². The number of carboxylic acids is 1. The fourth-order valence-corrected chi connectivity index (χ4v) is 1.64. The first kappa shape index (κ1) is 16.4. The first-order chi connectivity index (χ1) is 8.38. The first-order valence-electron chi connectivity index (χ1n) is 5.96. The summed E-state index contributed by atoms with van der Waals surface area (Å²) in [6.45, 7) is 4.75. The highest BCUT2D eigenvalue weighted by Gasteiger charge is 2.45. The summed E-state index contributed by atoms with van der Waals surface area (Å²) < 4.78 is 9.80. The van der Waals surface area contributed by atoms with E-state index in [2.05, 4.69) is 0 Å². The molecule has 0 aromatic heterocycles. The first-order valence-corrected chi connectivity index (χ1v) is 5.96. The molecule has 0 amide bonds. The molecule has 0 bridgehead atoms. The molecule has 18 heavy (non-hydrogen) atoms. The molecule has 0 aliphatic rings. The Balaban J connectivity index is 5.15. The summed E-state index contributed by atoms with van der Waals surface area (Å²) in [5, 5.41) is 8.88. The number of ether oxygens (including phenoxy) is 2. The number of esters is 2. The summed E-state index contributed by atoms with van der Waals surface area (Å²) in [6, 6.07) is 0. The highest BCUT2D eigenvalue weighted by molar-refractivity contribution is 5.87. The van der Waals surface area contributed by atoms with E-state index in [4.69, 9.17) is 14.6 Å². The van der Waals surface area contributed by atoms with Crippen LogP contribution in [0.5, 0.6) is 0 Å². The van der Waals surface area contributed by atoms with Crippen LogP contribution in [0.2, 0.25) is 0 Å². The van der Waals surface area contributed by atoms with Gasteiger partial charge in [0.05, 0.1) is 13.0 Å². The van der Waals surface area contributed by atoms with Crippen molar-refractivity contribution in [3.05, 3.63) is 0 Å². The summed E-state index contributed by atoms with van der Waals surface area (Å²) in [5.41, 5.74) is -1.70. The maximum Gasteiger partial charge on any atom is 0.351 e. The van der Waals surface area contributed by atoms with Crippen LogP contribution in [-0.4, -0.2) is 35.2 Å². The average molecular weight is 260 g/mol. The number of carbonyl (C=O) groups is 3. The van der Waals surface area contributed by atoms with Crippen molar-refractivity contribution in [2.45, 2.75) is 52.1 Å². The smallest absolute Gasteiger partial charge is 0.351 e. The van der Waals surface area contributed by atoms with Crippen molar-refractivity contribution in [1.29, 1.82) is 0 Å². The summed E-state index contributed by atoms with van der Waals surface area (Å²) in [4.78, 5) is 33.8. The van der Waals surface area contributed by atoms with Gasteiger partial charge in [-0.05, 0) is 19.8 Å². The van der Waals surface area contributed by atoms with Gasteiger partial charge in [-0.15, -0.1) is 0 Å². The predicted molar refractivity (Wildman–Crippen MR) is 62.9 cm³/mol. The molecule has 104 valence electrons. The Morgan fingerprint density at radius 1 is 1.22 bits per heavy atom. The quantitative estimate of drug-likeness (QED) is 0.665. The predicted octanol–water partition coefficient (Wildman–Crippen LogP) is 1.52. The molecule has 6 nitrogen and oxygen atoms in total. The molecule has 0 aliphatic heterocycles. The molecule has 0 aromatic rings. The molecular formula is C12H20O6. The van der Waals surface area contributed by atoms with Gasteiger partial charge in [-0.25, -0.2) is 4.79 Å². The zero-order chi connectivity index (χ0) is 14.2. The van der Waals surface area contributed by atoms with Crippen molar-refractivity contribution < 1.29 is 29.0 Å². The van der Waals surface area contributed by atoms with Gasteiger partial charge in [0.1, 0.15) is 0 Å². The molecule has 0 saturated carbocycles. The van der Waals surface area contributed by atoms with Gasteiger partial charge in [0.2, 0.25) is 5.60 Å². The van der Waals surface area contributed by atoms with Crippen molar-refractivity contribution in [3.8, 4) is 0 Å². The third kappa shape index (κ3) is 5.16. The number of carbonyl (C=O) groups excluding carboxylic acids is 2. The molecule has 0 radical (unpaired) electrons. The zero-order valence-electron chi connectivity index (χ0n) is 11.0. The lowest BCUT2D eigenvalue weighted by molar-refractivity contribution is -0.186. The van der Waals surface area contributed by atoms with Crippen LogP contribution >= 0.6 is 0 Å². The van der Waals surface area contributed by atoms with Gasteiger partial charge in [-0.2, -0.15) is 0 Å². The van der Waals surface area contributed by atoms with Crippen molar-refractivity contribution in [3.63, 3.8) is 0 Å². The Labute approximate surface area is 106 Å². The van der Waals surface area contributed by atoms with E-state index in [1.165, 1.54) is 0 Å². The normalized spacial score (nSPS) is 13.5. The number of rotatable bonds is 8. The molecule has 0 rings (SSSR count). The average Bonchev–Trinajstić information content (AvgIpc) is 2.24. The summed E-state index contributed by atoms with van der Waals surface area (Å²) >= 11 is 0. The second-order valence-corrected chi connectivity index (χ2v) is 3.98. The van der Waals surface area contributed by atoms with Crippen LogP contribution in [-0.2, 0) is 23.9 Å². The Kier molecular flexibility index (Phi) is 7.00. The van der Waals surface area contributed by atoms with Gasteiger partial charge in [-0.1, -0.05) is 13.3 Å². The summed E-state index contributed by atoms with van der Waals surface area (Å²) in [6.07, 6.45) is 0.890. The SMILES string of the molecule is CCCCC(CC(=O)O)(OC(C)=O)C(=O)OCC. The van der Waals surface area contributed by atoms with Crippen LogP contribution in [0, 0.1) is 0 Å². The van der Waals surface area contributed by atoms with Crippen LogP contribution in [0.25, 0.3) is 0 Å². The molecule has 1 atom stereocenters.